The third kappa shape index (κ3) is 12.0. The lowest BCUT2D eigenvalue weighted by molar-refractivity contribution is 0.0849. The number of anilines is 1. The summed E-state index contributed by atoms with van der Waals surface area (Å²) in [5, 5.41) is 5.41. The smallest absolute Gasteiger partial charge is 0.258 e. The highest BCUT2D eigenvalue weighted by atomic mass is 19.1. The predicted molar refractivity (Wildman–Crippen MR) is 143 cm³/mol. The number of carbonyl (C=O) groups excluding carboxylic acids is 2. The first-order valence-corrected chi connectivity index (χ1v) is 13.6. The minimum atomic E-state index is -0.615. The minimum absolute atomic E-state index is 0.119. The molecule has 0 bridgehead atoms. The summed E-state index contributed by atoms with van der Waals surface area (Å²) in [6, 6.07) is 12.7. The Morgan fingerprint density at radius 2 is 1.17 bits per heavy atom. The molecule has 0 spiro atoms. The van der Waals surface area contributed by atoms with Gasteiger partial charge in [0.05, 0.1) is 5.69 Å². The van der Waals surface area contributed by atoms with Crippen LogP contribution in [0.15, 0.2) is 48.5 Å². The van der Waals surface area contributed by atoms with E-state index in [4.69, 9.17) is 0 Å². The molecule has 5 heteroatoms. The van der Waals surface area contributed by atoms with Crippen molar-refractivity contribution >= 4 is 17.5 Å². The molecular weight excluding hydrogens is 439 g/mol. The van der Waals surface area contributed by atoms with Crippen LogP contribution in [-0.2, 0) is 0 Å². The van der Waals surface area contributed by atoms with Crippen molar-refractivity contribution in [2.75, 3.05) is 11.9 Å². The second-order valence-corrected chi connectivity index (χ2v) is 9.37. The van der Waals surface area contributed by atoms with Gasteiger partial charge in [0, 0.05) is 17.7 Å². The van der Waals surface area contributed by atoms with Gasteiger partial charge in [0.15, 0.2) is 0 Å². The van der Waals surface area contributed by atoms with E-state index in [9.17, 15) is 14.0 Å². The van der Waals surface area contributed by atoms with Crippen LogP contribution < -0.4 is 10.6 Å². The monoisotopic (exact) mass is 482 g/mol. The first-order valence-electron chi connectivity index (χ1n) is 13.6. The summed E-state index contributed by atoms with van der Waals surface area (Å²) in [7, 11) is 0. The highest BCUT2D eigenvalue weighted by Gasteiger charge is 2.14. The van der Waals surface area contributed by atoms with Gasteiger partial charge in [-0.2, -0.15) is 0 Å². The molecule has 2 amide bonds. The van der Waals surface area contributed by atoms with E-state index in [0.29, 0.717) is 17.8 Å². The SMILES string of the molecule is CCCCCCCCCCCCCCCCNc1ccc(C(=O)NC(=O)c2ccccc2)cc1F. The fourth-order valence-electron chi connectivity index (χ4n) is 4.18. The number of halogens is 1. The molecule has 0 aromatic heterocycles. The molecule has 192 valence electrons. The standard InChI is InChI=1S/C30H43FN2O2/c1-2-3-4-5-6-7-8-9-10-11-12-13-14-18-23-32-28-22-21-26(24-27(28)31)30(35)33-29(34)25-19-16-15-17-20-25/h15-17,19-22,24,32H,2-14,18,23H2,1H3,(H,33,34,35). The van der Waals surface area contributed by atoms with E-state index in [1.807, 2.05) is 0 Å². The third-order valence-electron chi connectivity index (χ3n) is 6.34. The number of carbonyl (C=O) groups is 2. The van der Waals surface area contributed by atoms with Crippen LogP contribution in [0, 0.1) is 5.82 Å². The van der Waals surface area contributed by atoms with Crippen LogP contribution in [0.2, 0.25) is 0 Å². The molecule has 0 heterocycles. The van der Waals surface area contributed by atoms with Crippen molar-refractivity contribution in [2.45, 2.75) is 96.8 Å². The maximum Gasteiger partial charge on any atom is 0.258 e. The molecule has 35 heavy (non-hydrogen) atoms. The number of rotatable bonds is 18. The van der Waals surface area contributed by atoms with Crippen molar-refractivity contribution in [1.82, 2.24) is 5.32 Å². The van der Waals surface area contributed by atoms with Crippen LogP contribution in [0.5, 0.6) is 0 Å². The zero-order valence-corrected chi connectivity index (χ0v) is 21.4. The van der Waals surface area contributed by atoms with Crippen molar-refractivity contribution in [3.63, 3.8) is 0 Å². The lowest BCUT2D eigenvalue weighted by Crippen LogP contribution is -2.30. The summed E-state index contributed by atoms with van der Waals surface area (Å²) in [6.45, 7) is 2.96. The number of amides is 2. The van der Waals surface area contributed by atoms with Crippen molar-refractivity contribution in [3.8, 4) is 0 Å². The first-order chi connectivity index (χ1) is 17.1. The van der Waals surface area contributed by atoms with Crippen LogP contribution in [0.1, 0.15) is 118 Å². The molecule has 2 N–H and O–H groups in total. The Labute approximate surface area is 211 Å². The molecule has 0 radical (unpaired) electrons. The molecule has 2 aromatic carbocycles. The number of hydrogen-bond donors (Lipinski definition) is 2. The highest BCUT2D eigenvalue weighted by Crippen LogP contribution is 2.17. The predicted octanol–water partition coefficient (Wildman–Crippen LogP) is 8.29. The first kappa shape index (κ1) is 28.5. The molecule has 0 fully saturated rings. The van der Waals surface area contributed by atoms with Crippen molar-refractivity contribution in [3.05, 3.63) is 65.5 Å². The lowest BCUT2D eigenvalue weighted by Gasteiger charge is -2.09. The fraction of sp³-hybridized carbons (Fsp3) is 0.533. The number of nitrogens with one attached hydrogen (secondary N) is 2. The Kier molecular flexibility index (Phi) is 14.4. The zero-order chi connectivity index (χ0) is 25.1. The molecule has 4 nitrogen and oxygen atoms in total. The quantitative estimate of drug-likeness (QED) is 0.166. The Morgan fingerprint density at radius 1 is 0.657 bits per heavy atom. The highest BCUT2D eigenvalue weighted by molar-refractivity contribution is 6.10. The number of imide groups is 1. The molecule has 0 saturated carbocycles. The molecule has 0 aliphatic heterocycles. The Morgan fingerprint density at radius 3 is 1.71 bits per heavy atom. The van der Waals surface area contributed by atoms with Gasteiger partial charge in [0.25, 0.3) is 11.8 Å². The van der Waals surface area contributed by atoms with E-state index in [1.165, 1.54) is 89.2 Å². The summed E-state index contributed by atoms with van der Waals surface area (Å²) < 4.78 is 14.4. The molecular formula is C30H43FN2O2. The number of benzene rings is 2. The van der Waals surface area contributed by atoms with E-state index in [-0.39, 0.29) is 5.56 Å². The Balaban J connectivity index is 1.53. The van der Waals surface area contributed by atoms with Crippen molar-refractivity contribution in [2.24, 2.45) is 0 Å². The maximum atomic E-state index is 14.4. The van der Waals surface area contributed by atoms with E-state index in [2.05, 4.69) is 17.6 Å². The van der Waals surface area contributed by atoms with Gasteiger partial charge in [-0.15, -0.1) is 0 Å². The van der Waals surface area contributed by atoms with Gasteiger partial charge < -0.3 is 5.32 Å². The molecule has 0 saturated heterocycles. The van der Waals surface area contributed by atoms with Gasteiger partial charge in [-0.3, -0.25) is 14.9 Å². The zero-order valence-electron chi connectivity index (χ0n) is 21.4. The van der Waals surface area contributed by atoms with Crippen LogP contribution in [-0.4, -0.2) is 18.4 Å². The molecule has 0 unspecified atom stereocenters. The van der Waals surface area contributed by atoms with E-state index in [1.54, 1.807) is 36.4 Å². The average molecular weight is 483 g/mol. The molecule has 2 rings (SSSR count). The van der Waals surface area contributed by atoms with E-state index in [0.717, 1.165) is 12.8 Å². The second-order valence-electron chi connectivity index (χ2n) is 9.37. The topological polar surface area (TPSA) is 58.2 Å². The van der Waals surface area contributed by atoms with Crippen molar-refractivity contribution < 1.29 is 14.0 Å². The lowest BCUT2D eigenvalue weighted by atomic mass is 10.0. The van der Waals surface area contributed by atoms with Gasteiger partial charge in [0.1, 0.15) is 5.82 Å². The van der Waals surface area contributed by atoms with Gasteiger partial charge in [-0.05, 0) is 36.8 Å². The molecule has 2 aromatic rings. The van der Waals surface area contributed by atoms with Crippen LogP contribution in [0.3, 0.4) is 0 Å². The number of unbranched alkanes of at least 4 members (excludes halogenated alkanes) is 13. The van der Waals surface area contributed by atoms with Crippen LogP contribution in [0.4, 0.5) is 10.1 Å². The van der Waals surface area contributed by atoms with E-state index < -0.39 is 17.6 Å². The minimum Gasteiger partial charge on any atom is -0.383 e. The number of hydrogen-bond acceptors (Lipinski definition) is 3. The summed E-state index contributed by atoms with van der Waals surface area (Å²) in [5.74, 6) is -1.61. The maximum absolute atomic E-state index is 14.4. The summed E-state index contributed by atoms with van der Waals surface area (Å²) in [5.41, 5.74) is 0.882. The van der Waals surface area contributed by atoms with Crippen LogP contribution >= 0.6 is 0 Å². The van der Waals surface area contributed by atoms with E-state index >= 15 is 0 Å². The van der Waals surface area contributed by atoms with Gasteiger partial charge in [0.2, 0.25) is 0 Å². The molecule has 0 aliphatic rings. The summed E-state index contributed by atoms with van der Waals surface area (Å²) >= 11 is 0. The largest absolute Gasteiger partial charge is 0.383 e. The average Bonchev–Trinajstić information content (AvgIpc) is 2.87. The van der Waals surface area contributed by atoms with Gasteiger partial charge in [-0.1, -0.05) is 109 Å². The Hall–Kier alpha value is -2.69. The Bertz CT molecular complexity index is 870. The normalized spacial score (nSPS) is 10.8. The summed E-state index contributed by atoms with van der Waals surface area (Å²) in [4.78, 5) is 24.4. The van der Waals surface area contributed by atoms with Gasteiger partial charge in [-0.25, -0.2) is 4.39 Å². The summed E-state index contributed by atoms with van der Waals surface area (Å²) in [6.07, 6.45) is 18.3. The second kappa shape index (κ2) is 17.7. The van der Waals surface area contributed by atoms with Gasteiger partial charge >= 0.3 is 0 Å². The fourth-order valence-corrected chi connectivity index (χ4v) is 4.18. The van der Waals surface area contributed by atoms with Crippen LogP contribution in [0.25, 0.3) is 0 Å². The molecule has 0 aliphatic carbocycles. The molecule has 0 atom stereocenters. The van der Waals surface area contributed by atoms with Crippen molar-refractivity contribution in [1.29, 1.82) is 0 Å². The third-order valence-corrected chi connectivity index (χ3v) is 6.34.